The second-order valence-electron chi connectivity index (χ2n) is 6.74. The summed E-state index contributed by atoms with van der Waals surface area (Å²) in [5, 5.41) is 4.64. The molecule has 2 aromatic heterocycles. The molecule has 1 unspecified atom stereocenters. The molecule has 0 saturated carbocycles. The average Bonchev–Trinajstić information content (AvgIpc) is 2.95. The zero-order chi connectivity index (χ0) is 15.5. The van der Waals surface area contributed by atoms with Gasteiger partial charge in [0.15, 0.2) is 5.82 Å². The summed E-state index contributed by atoms with van der Waals surface area (Å²) in [6, 6.07) is 6.35. The molecule has 0 saturated heterocycles. The molecule has 21 heavy (non-hydrogen) atoms. The summed E-state index contributed by atoms with van der Waals surface area (Å²) in [5.74, 6) is 1.51. The Morgan fingerprint density at radius 2 is 1.90 bits per heavy atom. The highest BCUT2D eigenvalue weighted by atomic mass is 15.3. The summed E-state index contributed by atoms with van der Waals surface area (Å²) in [7, 11) is 0. The Kier molecular flexibility index (Phi) is 4.81. The Balaban J connectivity index is 2.21. The molecule has 0 fully saturated rings. The Labute approximate surface area is 128 Å². The lowest BCUT2D eigenvalue weighted by Crippen LogP contribution is -2.12. The third-order valence-electron chi connectivity index (χ3n) is 3.96. The number of hydrogen-bond acceptors (Lipinski definition) is 2. The lowest BCUT2D eigenvalue weighted by molar-refractivity contribution is 0.559. The fraction of sp³-hybridized carbons (Fsp3) is 0.556. The van der Waals surface area contributed by atoms with Crippen molar-refractivity contribution in [2.24, 2.45) is 0 Å². The maximum Gasteiger partial charge on any atom is 0.153 e. The molecule has 0 aliphatic rings. The van der Waals surface area contributed by atoms with Gasteiger partial charge in [-0.1, -0.05) is 47.1 Å². The highest BCUT2D eigenvalue weighted by Gasteiger charge is 2.17. The molecule has 0 aliphatic carbocycles. The summed E-state index contributed by atoms with van der Waals surface area (Å²) in [6.45, 7) is 11.0. The van der Waals surface area contributed by atoms with E-state index in [9.17, 15) is 0 Å². The Morgan fingerprint density at radius 1 is 1.14 bits per heavy atom. The summed E-state index contributed by atoms with van der Waals surface area (Å²) in [4.78, 5) is 4.60. The van der Waals surface area contributed by atoms with Crippen LogP contribution in [0.1, 0.15) is 71.1 Å². The minimum absolute atomic E-state index is 0.0691. The second kappa shape index (κ2) is 6.42. The topological polar surface area (TPSA) is 30.7 Å². The second-order valence-corrected chi connectivity index (χ2v) is 6.74. The van der Waals surface area contributed by atoms with Crippen LogP contribution in [0.4, 0.5) is 0 Å². The zero-order valence-electron chi connectivity index (χ0n) is 13.9. The third kappa shape index (κ3) is 3.72. The predicted octanol–water partition coefficient (Wildman–Crippen LogP) is 4.86. The number of hydrogen-bond donors (Lipinski definition) is 0. The van der Waals surface area contributed by atoms with Gasteiger partial charge in [-0.3, -0.25) is 0 Å². The molecular weight excluding hydrogens is 258 g/mol. The monoisotopic (exact) mass is 285 g/mol. The van der Waals surface area contributed by atoms with Gasteiger partial charge in [-0.15, -0.1) is 0 Å². The first-order chi connectivity index (χ1) is 9.95. The van der Waals surface area contributed by atoms with E-state index >= 15 is 0 Å². The first kappa shape index (κ1) is 15.7. The highest BCUT2D eigenvalue weighted by Crippen LogP contribution is 2.25. The Morgan fingerprint density at radius 3 is 2.38 bits per heavy atom. The quantitative estimate of drug-likeness (QED) is 0.785. The van der Waals surface area contributed by atoms with E-state index in [4.69, 9.17) is 0 Å². The van der Waals surface area contributed by atoms with Crippen molar-refractivity contribution in [2.45, 2.75) is 65.2 Å². The molecule has 0 spiro atoms. The maximum absolute atomic E-state index is 4.64. The van der Waals surface area contributed by atoms with E-state index in [1.165, 1.54) is 24.8 Å². The first-order valence-electron chi connectivity index (χ1n) is 7.98. The van der Waals surface area contributed by atoms with E-state index in [2.05, 4.69) is 62.9 Å². The molecule has 0 N–H and O–H groups in total. The van der Waals surface area contributed by atoms with Crippen LogP contribution in [0.2, 0.25) is 0 Å². The van der Waals surface area contributed by atoms with Crippen molar-refractivity contribution in [3.05, 3.63) is 41.9 Å². The lowest BCUT2D eigenvalue weighted by Gasteiger charge is -2.15. The summed E-state index contributed by atoms with van der Waals surface area (Å²) >= 11 is 0. The van der Waals surface area contributed by atoms with Crippen LogP contribution in [0.15, 0.2) is 30.6 Å². The van der Waals surface area contributed by atoms with Gasteiger partial charge in [0, 0.05) is 17.8 Å². The smallest absolute Gasteiger partial charge is 0.153 e. The fourth-order valence-corrected chi connectivity index (χ4v) is 2.58. The molecule has 0 bridgehead atoms. The van der Waals surface area contributed by atoms with Gasteiger partial charge in [-0.25, -0.2) is 9.67 Å². The average molecular weight is 285 g/mol. The van der Waals surface area contributed by atoms with Crippen LogP contribution in [-0.4, -0.2) is 14.8 Å². The van der Waals surface area contributed by atoms with Crippen molar-refractivity contribution in [1.82, 2.24) is 14.8 Å². The normalized spacial score (nSPS) is 13.4. The van der Waals surface area contributed by atoms with Gasteiger partial charge in [0.1, 0.15) is 0 Å². The van der Waals surface area contributed by atoms with Crippen LogP contribution in [0, 0.1) is 0 Å². The van der Waals surface area contributed by atoms with Crippen LogP contribution >= 0.6 is 0 Å². The third-order valence-corrected chi connectivity index (χ3v) is 3.96. The summed E-state index contributed by atoms with van der Waals surface area (Å²) < 4.78 is 1.87. The largest absolute Gasteiger partial charge is 0.237 e. The number of pyridine rings is 1. The SMILES string of the molecule is CCCC(CC)c1ccc(-n2ccc(C(C)(C)C)n2)nc1. The molecule has 2 heterocycles. The van der Waals surface area contributed by atoms with Crippen molar-refractivity contribution < 1.29 is 0 Å². The van der Waals surface area contributed by atoms with Gasteiger partial charge in [-0.05, 0) is 36.5 Å². The van der Waals surface area contributed by atoms with Crippen molar-refractivity contribution in [3.8, 4) is 5.82 Å². The number of aromatic nitrogens is 3. The van der Waals surface area contributed by atoms with E-state index < -0.39 is 0 Å². The van der Waals surface area contributed by atoms with E-state index in [1.54, 1.807) is 0 Å². The van der Waals surface area contributed by atoms with Crippen LogP contribution in [0.3, 0.4) is 0 Å². The Bertz CT molecular complexity index is 561. The van der Waals surface area contributed by atoms with Crippen molar-refractivity contribution >= 4 is 0 Å². The van der Waals surface area contributed by atoms with Gasteiger partial charge in [0.2, 0.25) is 0 Å². The zero-order valence-corrected chi connectivity index (χ0v) is 13.9. The molecule has 114 valence electrons. The summed E-state index contributed by atoms with van der Waals surface area (Å²) in [5.41, 5.74) is 2.50. The molecule has 1 atom stereocenters. The number of rotatable bonds is 5. The first-order valence-corrected chi connectivity index (χ1v) is 7.98. The van der Waals surface area contributed by atoms with E-state index in [0.29, 0.717) is 5.92 Å². The predicted molar refractivity (Wildman–Crippen MR) is 88.0 cm³/mol. The van der Waals surface area contributed by atoms with E-state index in [1.807, 2.05) is 17.1 Å². The van der Waals surface area contributed by atoms with E-state index in [0.717, 1.165) is 11.5 Å². The van der Waals surface area contributed by atoms with Crippen LogP contribution in [0.25, 0.3) is 5.82 Å². The van der Waals surface area contributed by atoms with Crippen LogP contribution in [0.5, 0.6) is 0 Å². The fourth-order valence-electron chi connectivity index (χ4n) is 2.58. The summed E-state index contributed by atoms with van der Waals surface area (Å²) in [6.07, 6.45) is 7.62. The van der Waals surface area contributed by atoms with Gasteiger partial charge in [0.25, 0.3) is 0 Å². The van der Waals surface area contributed by atoms with Gasteiger partial charge < -0.3 is 0 Å². The molecule has 0 radical (unpaired) electrons. The molecule has 3 heteroatoms. The van der Waals surface area contributed by atoms with Crippen LogP contribution in [-0.2, 0) is 5.41 Å². The Hall–Kier alpha value is -1.64. The minimum atomic E-state index is 0.0691. The maximum atomic E-state index is 4.64. The van der Waals surface area contributed by atoms with Crippen molar-refractivity contribution in [3.63, 3.8) is 0 Å². The molecular formula is C18H27N3. The van der Waals surface area contributed by atoms with Gasteiger partial charge in [0.05, 0.1) is 5.69 Å². The van der Waals surface area contributed by atoms with Crippen molar-refractivity contribution in [1.29, 1.82) is 0 Å². The van der Waals surface area contributed by atoms with Crippen molar-refractivity contribution in [2.75, 3.05) is 0 Å². The van der Waals surface area contributed by atoms with Gasteiger partial charge in [-0.2, -0.15) is 5.10 Å². The molecule has 3 nitrogen and oxygen atoms in total. The molecule has 0 aromatic carbocycles. The molecule has 2 rings (SSSR count). The molecule has 2 aromatic rings. The van der Waals surface area contributed by atoms with Crippen LogP contribution < -0.4 is 0 Å². The molecule has 0 amide bonds. The lowest BCUT2D eigenvalue weighted by atomic mass is 9.93. The molecule has 0 aliphatic heterocycles. The highest BCUT2D eigenvalue weighted by molar-refractivity contribution is 5.27. The van der Waals surface area contributed by atoms with Gasteiger partial charge >= 0.3 is 0 Å². The minimum Gasteiger partial charge on any atom is -0.237 e. The van der Waals surface area contributed by atoms with E-state index in [-0.39, 0.29) is 5.41 Å². The number of nitrogens with zero attached hydrogens (tertiary/aromatic N) is 3. The standard InChI is InChI=1S/C18H27N3/c1-6-8-14(7-2)15-9-10-17(19-13-15)21-12-11-16(20-21)18(3,4)5/h9-14H,6-8H2,1-5H3.